The Kier molecular flexibility index (Phi) is 4.02. The molecule has 0 aliphatic heterocycles. The topological polar surface area (TPSA) is 37.3 Å². The van der Waals surface area contributed by atoms with E-state index in [0.717, 1.165) is 0 Å². The first-order valence-corrected chi connectivity index (χ1v) is 4.62. The van der Waals surface area contributed by atoms with Crippen LogP contribution in [0.25, 0.3) is 0 Å². The smallest absolute Gasteiger partial charge is 0.301 e. The van der Waals surface area contributed by atoms with Crippen molar-refractivity contribution in [1.29, 1.82) is 0 Å². The number of hydrogen-bond donors (Lipinski definition) is 1. The first-order valence-electron chi connectivity index (χ1n) is 3.51. The van der Waals surface area contributed by atoms with Crippen LogP contribution in [0.1, 0.15) is 0 Å². The highest BCUT2D eigenvalue weighted by Crippen LogP contribution is 2.53. The van der Waals surface area contributed by atoms with Crippen molar-refractivity contribution in [2.24, 2.45) is 0 Å². The second-order valence-electron chi connectivity index (χ2n) is 2.75. The maximum Gasteiger partial charge on any atom is 0.457 e. The van der Waals surface area contributed by atoms with Gasteiger partial charge in [-0.15, -0.1) is 0 Å². The quantitative estimate of drug-likeness (QED) is 0.491. The lowest BCUT2D eigenvalue weighted by molar-refractivity contribution is -0.338. The van der Waals surface area contributed by atoms with E-state index in [1.807, 2.05) is 0 Å². The van der Waals surface area contributed by atoms with Crippen molar-refractivity contribution in [3.05, 3.63) is 12.7 Å². The molecular weight excluding hydrogens is 288 g/mol. The van der Waals surface area contributed by atoms with Crippen molar-refractivity contribution in [2.45, 2.75) is 23.0 Å². The fourth-order valence-corrected chi connectivity index (χ4v) is 1.23. The summed E-state index contributed by atoms with van der Waals surface area (Å²) in [5, 5.41) is -5.88. The van der Waals surface area contributed by atoms with Gasteiger partial charge >= 0.3 is 17.4 Å². The minimum atomic E-state index is -6.68. The number of hydrogen-bond acceptors (Lipinski definition) is 1. The predicted octanol–water partition coefficient (Wildman–Crippen LogP) is 2.89. The van der Waals surface area contributed by atoms with Gasteiger partial charge in [-0.25, -0.2) is 8.60 Å². The summed E-state index contributed by atoms with van der Waals surface area (Å²) >= 11 is -4.59. The van der Waals surface area contributed by atoms with Gasteiger partial charge in [-0.3, -0.25) is 0 Å². The van der Waals surface area contributed by atoms with Crippen LogP contribution in [0.3, 0.4) is 0 Å². The van der Waals surface area contributed by atoms with Crippen LogP contribution < -0.4 is 0 Å². The van der Waals surface area contributed by atoms with Crippen LogP contribution in [0, 0.1) is 0 Å². The average molecular weight is 292 g/mol. The van der Waals surface area contributed by atoms with E-state index in [4.69, 9.17) is 4.55 Å². The van der Waals surface area contributed by atoms with Crippen LogP contribution in [0.2, 0.25) is 0 Å². The average Bonchev–Trinajstić information content (AvgIpc) is 2.13. The van der Waals surface area contributed by atoms with Gasteiger partial charge in [0.25, 0.3) is 5.67 Å². The summed E-state index contributed by atoms with van der Waals surface area (Å²) in [6.07, 6.45) is -7.73. The summed E-state index contributed by atoms with van der Waals surface area (Å²) < 4.78 is 117. The third-order valence-electron chi connectivity index (χ3n) is 1.74. The molecule has 17 heavy (non-hydrogen) atoms. The van der Waals surface area contributed by atoms with Gasteiger partial charge in [0.1, 0.15) is 0 Å². The molecule has 0 bridgehead atoms. The van der Waals surface area contributed by atoms with Crippen molar-refractivity contribution >= 4 is 11.1 Å². The summed E-state index contributed by atoms with van der Waals surface area (Å²) in [7, 11) is 0. The number of allylic oxidation sites excluding steroid dienone is 1. The van der Waals surface area contributed by atoms with E-state index in [-0.39, 0.29) is 0 Å². The van der Waals surface area contributed by atoms with Gasteiger partial charge in [0.2, 0.25) is 11.1 Å². The molecule has 0 aliphatic rings. The Morgan fingerprint density at radius 3 is 1.53 bits per heavy atom. The Labute approximate surface area is 91.6 Å². The molecule has 0 fully saturated rings. The molecule has 0 aromatic heterocycles. The molecule has 0 radical (unpaired) electrons. The molecule has 102 valence electrons. The van der Waals surface area contributed by atoms with Crippen LogP contribution in [0.4, 0.5) is 35.1 Å². The zero-order valence-corrected chi connectivity index (χ0v) is 8.39. The van der Waals surface area contributed by atoms with Crippen LogP contribution in [-0.2, 0) is 11.1 Å². The van der Waals surface area contributed by atoms with Gasteiger partial charge in [-0.2, -0.15) is 30.7 Å². The van der Waals surface area contributed by atoms with Crippen LogP contribution in [-0.4, -0.2) is 31.8 Å². The Balaban J connectivity index is 5.93. The first-order chi connectivity index (χ1) is 7.25. The van der Waals surface area contributed by atoms with Gasteiger partial charge in [0.05, 0.1) is 0 Å². The molecule has 0 aromatic carbocycles. The van der Waals surface area contributed by atoms with E-state index in [0.29, 0.717) is 0 Å². The zero-order valence-electron chi connectivity index (χ0n) is 7.57. The second-order valence-corrected chi connectivity index (χ2v) is 3.77. The van der Waals surface area contributed by atoms with Gasteiger partial charge in [0.15, 0.2) is 0 Å². The van der Waals surface area contributed by atoms with Crippen molar-refractivity contribution in [3.63, 3.8) is 0 Å². The molecule has 2 atom stereocenters. The lowest BCUT2D eigenvalue weighted by Gasteiger charge is -2.35. The normalized spacial score (nSPS) is 19.6. The lowest BCUT2D eigenvalue weighted by Crippen LogP contribution is -2.63. The molecule has 0 aliphatic carbocycles. The Morgan fingerprint density at radius 1 is 1.00 bits per heavy atom. The fraction of sp³-hybridized carbons (Fsp3) is 0.667. The molecule has 11 heteroatoms. The molecule has 2 unspecified atom stereocenters. The van der Waals surface area contributed by atoms with E-state index < -0.39 is 40.2 Å². The number of rotatable bonds is 4. The van der Waals surface area contributed by atoms with E-state index >= 15 is 0 Å². The SMILES string of the molecule is C=CC(F)(C(F)(F)S(=O)O)C(F)(F)C(F)(F)F. The van der Waals surface area contributed by atoms with Crippen molar-refractivity contribution in [1.82, 2.24) is 0 Å². The number of halogens is 8. The molecule has 0 rings (SSSR count). The Bertz CT molecular complexity index is 337. The molecule has 0 aromatic rings. The number of alkyl halides is 8. The lowest BCUT2D eigenvalue weighted by atomic mass is 9.97. The fourth-order valence-electron chi connectivity index (χ4n) is 0.763. The van der Waals surface area contributed by atoms with Crippen LogP contribution >= 0.6 is 0 Å². The first kappa shape index (κ1) is 16.3. The van der Waals surface area contributed by atoms with E-state index in [9.17, 15) is 39.3 Å². The van der Waals surface area contributed by atoms with Gasteiger partial charge in [0, 0.05) is 0 Å². The highest BCUT2D eigenvalue weighted by molar-refractivity contribution is 7.80. The molecule has 0 heterocycles. The van der Waals surface area contributed by atoms with E-state index in [1.54, 1.807) is 0 Å². The molecule has 0 saturated carbocycles. The summed E-state index contributed by atoms with van der Waals surface area (Å²) in [4.78, 5) is 0. The summed E-state index contributed by atoms with van der Waals surface area (Å²) in [5.41, 5.74) is -5.74. The molecule has 0 saturated heterocycles. The molecule has 0 amide bonds. The van der Waals surface area contributed by atoms with E-state index in [1.165, 1.54) is 0 Å². The van der Waals surface area contributed by atoms with Gasteiger partial charge in [-0.05, 0) is 6.08 Å². The third kappa shape index (κ3) is 2.17. The molecule has 2 nitrogen and oxygen atoms in total. The third-order valence-corrected chi connectivity index (χ3v) is 2.47. The second kappa shape index (κ2) is 4.19. The highest BCUT2D eigenvalue weighted by Gasteiger charge is 2.80. The monoisotopic (exact) mass is 292 g/mol. The van der Waals surface area contributed by atoms with E-state index in [2.05, 4.69) is 6.58 Å². The molecule has 0 spiro atoms. The van der Waals surface area contributed by atoms with Crippen LogP contribution in [0.5, 0.6) is 0 Å². The largest absolute Gasteiger partial charge is 0.457 e. The molecular formula is C6H4F8O2S. The predicted molar refractivity (Wildman–Crippen MR) is 40.8 cm³/mol. The maximum absolute atomic E-state index is 13.1. The minimum Gasteiger partial charge on any atom is -0.301 e. The van der Waals surface area contributed by atoms with Gasteiger partial charge < -0.3 is 4.55 Å². The molecule has 1 N–H and O–H groups in total. The van der Waals surface area contributed by atoms with Gasteiger partial charge in [-0.1, -0.05) is 6.58 Å². The highest BCUT2D eigenvalue weighted by atomic mass is 32.2. The van der Waals surface area contributed by atoms with Crippen molar-refractivity contribution < 1.29 is 43.9 Å². The Hall–Kier alpha value is -0.710. The van der Waals surface area contributed by atoms with Crippen molar-refractivity contribution in [3.8, 4) is 0 Å². The maximum atomic E-state index is 13.1. The standard InChI is InChI=1S/C6H4F8O2S/c1-2-3(7,6(13,14)17(15)16)4(8,9)5(10,11)12/h2H,1H2,(H,15,16). The summed E-state index contributed by atoms with van der Waals surface area (Å²) in [6, 6.07) is 0. The summed E-state index contributed by atoms with van der Waals surface area (Å²) in [6.45, 7) is 2.08. The Morgan fingerprint density at radius 2 is 1.35 bits per heavy atom. The summed E-state index contributed by atoms with van der Waals surface area (Å²) in [5.74, 6) is -6.58. The minimum absolute atomic E-state index is 1.05. The zero-order chi connectivity index (χ0) is 14.3. The van der Waals surface area contributed by atoms with Crippen LogP contribution in [0.15, 0.2) is 12.7 Å². The van der Waals surface area contributed by atoms with Crippen molar-refractivity contribution in [2.75, 3.05) is 0 Å².